The second kappa shape index (κ2) is 6.38. The molecule has 1 N–H and O–H groups in total. The van der Waals surface area contributed by atoms with Gasteiger partial charge >= 0.3 is 0 Å². The summed E-state index contributed by atoms with van der Waals surface area (Å²) < 4.78 is 1.90. The SMILES string of the molecule is Cc1ccc2c(c1)C(=O)N(CCC(=O)NCc1cn3ccsc3n1)C2=O. The molecule has 26 heavy (non-hydrogen) atoms. The Kier molecular flexibility index (Phi) is 4.04. The van der Waals surface area contributed by atoms with Crippen LogP contribution < -0.4 is 5.32 Å². The van der Waals surface area contributed by atoms with Crippen molar-refractivity contribution < 1.29 is 14.4 Å². The number of aromatic nitrogens is 2. The Balaban J connectivity index is 1.34. The monoisotopic (exact) mass is 368 g/mol. The molecule has 0 spiro atoms. The van der Waals surface area contributed by atoms with Gasteiger partial charge in [-0.15, -0.1) is 11.3 Å². The van der Waals surface area contributed by atoms with Crippen LogP contribution in [0.4, 0.5) is 0 Å². The maximum absolute atomic E-state index is 12.4. The highest BCUT2D eigenvalue weighted by Crippen LogP contribution is 2.23. The van der Waals surface area contributed by atoms with E-state index in [1.54, 1.807) is 18.2 Å². The molecule has 7 nitrogen and oxygen atoms in total. The molecule has 1 aromatic carbocycles. The summed E-state index contributed by atoms with van der Waals surface area (Å²) in [5.41, 5.74) is 2.50. The highest BCUT2D eigenvalue weighted by Gasteiger charge is 2.35. The molecule has 3 amide bonds. The van der Waals surface area contributed by atoms with Crippen LogP contribution in [0.1, 0.15) is 38.4 Å². The molecule has 3 heterocycles. The van der Waals surface area contributed by atoms with E-state index in [9.17, 15) is 14.4 Å². The molecule has 0 unspecified atom stereocenters. The smallest absolute Gasteiger partial charge is 0.261 e. The van der Waals surface area contributed by atoms with Gasteiger partial charge in [-0.05, 0) is 19.1 Å². The van der Waals surface area contributed by atoms with Gasteiger partial charge in [0, 0.05) is 30.7 Å². The molecular formula is C18H16N4O3S. The minimum Gasteiger partial charge on any atom is -0.350 e. The number of hydrogen-bond acceptors (Lipinski definition) is 5. The molecule has 0 radical (unpaired) electrons. The van der Waals surface area contributed by atoms with Gasteiger partial charge in [0.05, 0.1) is 23.4 Å². The zero-order chi connectivity index (χ0) is 18.3. The first-order valence-electron chi connectivity index (χ1n) is 8.17. The van der Waals surface area contributed by atoms with Crippen molar-refractivity contribution in [3.63, 3.8) is 0 Å². The van der Waals surface area contributed by atoms with Gasteiger partial charge in [0.1, 0.15) is 0 Å². The molecule has 4 rings (SSSR count). The van der Waals surface area contributed by atoms with Crippen molar-refractivity contribution in [3.8, 4) is 0 Å². The van der Waals surface area contributed by atoms with E-state index in [2.05, 4.69) is 10.3 Å². The van der Waals surface area contributed by atoms with Crippen molar-refractivity contribution in [2.24, 2.45) is 0 Å². The first-order valence-corrected chi connectivity index (χ1v) is 9.05. The third-order valence-corrected chi connectivity index (χ3v) is 5.07. The second-order valence-electron chi connectivity index (χ2n) is 6.16. The molecule has 132 valence electrons. The Hall–Kier alpha value is -3.00. The van der Waals surface area contributed by atoms with Crippen molar-refractivity contribution in [2.75, 3.05) is 6.54 Å². The van der Waals surface area contributed by atoms with Crippen LogP contribution in [0.15, 0.2) is 36.0 Å². The fourth-order valence-corrected chi connectivity index (χ4v) is 3.68. The van der Waals surface area contributed by atoms with Gasteiger partial charge < -0.3 is 5.32 Å². The summed E-state index contributed by atoms with van der Waals surface area (Å²) >= 11 is 1.52. The summed E-state index contributed by atoms with van der Waals surface area (Å²) in [6.45, 7) is 2.25. The minimum atomic E-state index is -0.341. The molecule has 0 fully saturated rings. The van der Waals surface area contributed by atoms with E-state index in [1.807, 2.05) is 29.1 Å². The highest BCUT2D eigenvalue weighted by atomic mass is 32.1. The fraction of sp³-hybridized carbons (Fsp3) is 0.222. The third kappa shape index (κ3) is 2.88. The Morgan fingerprint density at radius 1 is 1.23 bits per heavy atom. The number of aryl methyl sites for hydroxylation is 1. The van der Waals surface area contributed by atoms with Crippen molar-refractivity contribution in [1.82, 2.24) is 19.6 Å². The molecule has 0 aliphatic carbocycles. The molecular weight excluding hydrogens is 352 g/mol. The summed E-state index contributed by atoms with van der Waals surface area (Å²) in [6.07, 6.45) is 3.83. The summed E-state index contributed by atoms with van der Waals surface area (Å²) in [5.74, 6) is -0.905. The number of rotatable bonds is 5. The van der Waals surface area contributed by atoms with Crippen LogP contribution in [0.25, 0.3) is 4.96 Å². The second-order valence-corrected chi connectivity index (χ2v) is 7.04. The molecule has 1 aliphatic rings. The topological polar surface area (TPSA) is 83.8 Å². The minimum absolute atomic E-state index is 0.0622. The zero-order valence-electron chi connectivity index (χ0n) is 14.1. The standard InChI is InChI=1S/C18H16N4O3S/c1-11-2-3-13-14(8-11)17(25)22(16(13)24)5-4-15(23)19-9-12-10-21-6-7-26-18(21)20-12/h2-3,6-8,10H,4-5,9H2,1H3,(H,19,23). The van der Waals surface area contributed by atoms with Gasteiger partial charge in [0.25, 0.3) is 11.8 Å². The van der Waals surface area contributed by atoms with Crippen LogP contribution in [0, 0.1) is 6.92 Å². The van der Waals surface area contributed by atoms with Gasteiger partial charge in [-0.1, -0.05) is 11.6 Å². The normalized spacial score (nSPS) is 13.5. The van der Waals surface area contributed by atoms with Crippen LogP contribution in [0.2, 0.25) is 0 Å². The maximum atomic E-state index is 12.4. The number of thiazole rings is 1. The van der Waals surface area contributed by atoms with Crippen LogP contribution in [-0.2, 0) is 11.3 Å². The quantitative estimate of drug-likeness (QED) is 0.698. The van der Waals surface area contributed by atoms with Crippen molar-refractivity contribution in [2.45, 2.75) is 19.9 Å². The van der Waals surface area contributed by atoms with Gasteiger partial charge in [-0.2, -0.15) is 0 Å². The first-order chi connectivity index (χ1) is 12.5. The average Bonchev–Trinajstić information content (AvgIpc) is 3.26. The summed E-state index contributed by atoms with van der Waals surface area (Å²) in [7, 11) is 0. The largest absolute Gasteiger partial charge is 0.350 e. The Bertz CT molecular complexity index is 1010. The van der Waals surface area contributed by atoms with Gasteiger partial charge in [0.15, 0.2) is 4.96 Å². The number of nitrogens with zero attached hydrogens (tertiary/aromatic N) is 3. The number of imide groups is 1. The molecule has 0 atom stereocenters. The van der Waals surface area contributed by atoms with Crippen molar-refractivity contribution in [3.05, 3.63) is 58.4 Å². The van der Waals surface area contributed by atoms with Crippen LogP contribution in [0.5, 0.6) is 0 Å². The summed E-state index contributed by atoms with van der Waals surface area (Å²) in [5, 5.41) is 4.71. The number of carbonyl (C=O) groups excluding carboxylic acids is 3. The summed E-state index contributed by atoms with van der Waals surface area (Å²) in [4.78, 5) is 43.2. The lowest BCUT2D eigenvalue weighted by molar-refractivity contribution is -0.121. The lowest BCUT2D eigenvalue weighted by Gasteiger charge is -2.13. The van der Waals surface area contributed by atoms with E-state index in [0.717, 1.165) is 21.1 Å². The summed E-state index contributed by atoms with van der Waals surface area (Å²) in [6, 6.07) is 5.17. The molecule has 0 bridgehead atoms. The zero-order valence-corrected chi connectivity index (χ0v) is 14.9. The van der Waals surface area contributed by atoms with Crippen LogP contribution >= 0.6 is 11.3 Å². The number of imidazole rings is 1. The molecule has 8 heteroatoms. The number of nitrogens with one attached hydrogen (secondary N) is 1. The molecule has 1 aliphatic heterocycles. The van der Waals surface area contributed by atoms with E-state index in [-0.39, 0.29) is 30.7 Å². The van der Waals surface area contributed by atoms with Crippen molar-refractivity contribution in [1.29, 1.82) is 0 Å². The third-order valence-electron chi connectivity index (χ3n) is 4.30. The lowest BCUT2D eigenvalue weighted by Crippen LogP contribution is -2.34. The van der Waals surface area contributed by atoms with Crippen LogP contribution in [-0.4, -0.2) is 38.6 Å². The van der Waals surface area contributed by atoms with Gasteiger partial charge in [-0.3, -0.25) is 23.7 Å². The van der Waals surface area contributed by atoms with Crippen LogP contribution in [0.3, 0.4) is 0 Å². The molecule has 2 aromatic heterocycles. The van der Waals surface area contributed by atoms with Crippen molar-refractivity contribution >= 4 is 34.0 Å². The molecule has 0 saturated carbocycles. The van der Waals surface area contributed by atoms with E-state index < -0.39 is 0 Å². The Labute approximate surface area is 153 Å². The fourth-order valence-electron chi connectivity index (χ4n) is 2.96. The molecule has 3 aromatic rings. The van der Waals surface area contributed by atoms with E-state index >= 15 is 0 Å². The number of benzene rings is 1. The number of fused-ring (bicyclic) bond motifs is 2. The Morgan fingerprint density at radius 3 is 2.85 bits per heavy atom. The first kappa shape index (κ1) is 16.5. The predicted molar refractivity (Wildman–Crippen MR) is 96.1 cm³/mol. The van der Waals surface area contributed by atoms with Gasteiger partial charge in [0.2, 0.25) is 5.91 Å². The molecule has 0 saturated heterocycles. The predicted octanol–water partition coefficient (Wildman–Crippen LogP) is 2.01. The highest BCUT2D eigenvalue weighted by molar-refractivity contribution is 7.15. The van der Waals surface area contributed by atoms with E-state index in [0.29, 0.717) is 17.7 Å². The number of carbonyl (C=O) groups is 3. The average molecular weight is 368 g/mol. The number of hydrogen-bond donors (Lipinski definition) is 1. The number of amides is 3. The lowest BCUT2D eigenvalue weighted by atomic mass is 10.1. The maximum Gasteiger partial charge on any atom is 0.261 e. The Morgan fingerprint density at radius 2 is 2.04 bits per heavy atom. The van der Waals surface area contributed by atoms with E-state index in [1.165, 1.54) is 11.3 Å². The van der Waals surface area contributed by atoms with E-state index in [4.69, 9.17) is 0 Å². The van der Waals surface area contributed by atoms with Gasteiger partial charge in [-0.25, -0.2) is 4.98 Å².